The second kappa shape index (κ2) is 5.75. The molecule has 0 saturated carbocycles. The van der Waals surface area contributed by atoms with Gasteiger partial charge < -0.3 is 9.64 Å². The third kappa shape index (κ3) is 8.00. The molecule has 86 valence electrons. The number of halogens is 1. The highest BCUT2D eigenvalue weighted by Gasteiger charge is 2.18. The number of rotatable bonds is 3. The molecule has 0 bridgehead atoms. The van der Waals surface area contributed by atoms with E-state index < -0.39 is 16.9 Å². The highest BCUT2D eigenvalue weighted by Crippen LogP contribution is 2.08. The van der Waals surface area contributed by atoms with Crippen LogP contribution in [0.3, 0.4) is 0 Å². The van der Waals surface area contributed by atoms with Gasteiger partial charge in [0.2, 0.25) is 5.24 Å². The Kier molecular flexibility index (Phi) is 5.36. The van der Waals surface area contributed by atoms with Crippen LogP contribution in [0.4, 0.5) is 4.79 Å². The maximum absolute atomic E-state index is 11.4. The number of hydrogen-bond donors (Lipinski definition) is 0. The summed E-state index contributed by atoms with van der Waals surface area (Å²) in [6, 6.07) is 0. The van der Waals surface area contributed by atoms with E-state index in [-0.39, 0.29) is 6.54 Å². The Bertz CT molecular complexity index is 268. The van der Waals surface area contributed by atoms with Gasteiger partial charge in [0.1, 0.15) is 5.60 Å². The van der Waals surface area contributed by atoms with Crippen LogP contribution in [0.25, 0.3) is 0 Å². The van der Waals surface area contributed by atoms with Gasteiger partial charge in [-0.15, -0.1) is 0 Å². The van der Waals surface area contributed by atoms with E-state index in [2.05, 4.69) is 0 Å². The Hall–Kier alpha value is -1.03. The highest BCUT2D eigenvalue weighted by atomic mass is 35.5. The van der Waals surface area contributed by atoms with E-state index in [4.69, 9.17) is 16.3 Å². The van der Waals surface area contributed by atoms with Gasteiger partial charge in [-0.25, -0.2) is 4.79 Å². The van der Waals surface area contributed by atoms with Crippen molar-refractivity contribution in [2.24, 2.45) is 0 Å². The lowest BCUT2D eigenvalue weighted by Crippen LogP contribution is -2.34. The van der Waals surface area contributed by atoms with Crippen molar-refractivity contribution in [1.29, 1.82) is 0 Å². The summed E-state index contributed by atoms with van der Waals surface area (Å²) in [4.78, 5) is 23.1. The summed E-state index contributed by atoms with van der Waals surface area (Å²) >= 11 is 5.09. The molecule has 0 radical (unpaired) electrons. The van der Waals surface area contributed by atoms with Gasteiger partial charge in [-0.1, -0.05) is 6.08 Å². The minimum Gasteiger partial charge on any atom is -0.444 e. The Morgan fingerprint density at radius 1 is 1.40 bits per heavy atom. The lowest BCUT2D eigenvalue weighted by Gasteiger charge is -2.23. The van der Waals surface area contributed by atoms with Crippen molar-refractivity contribution in [3.8, 4) is 0 Å². The largest absolute Gasteiger partial charge is 0.444 e. The van der Waals surface area contributed by atoms with E-state index in [1.54, 1.807) is 27.8 Å². The van der Waals surface area contributed by atoms with Crippen LogP contribution in [0, 0.1) is 0 Å². The van der Waals surface area contributed by atoms with Crippen LogP contribution in [-0.4, -0.2) is 35.4 Å². The van der Waals surface area contributed by atoms with Crippen molar-refractivity contribution in [2.45, 2.75) is 26.4 Å². The number of nitrogens with zero attached hydrogens (tertiary/aromatic N) is 1. The first-order chi connectivity index (χ1) is 6.72. The fraction of sp³-hybridized carbons (Fsp3) is 0.600. The molecule has 0 saturated heterocycles. The van der Waals surface area contributed by atoms with Gasteiger partial charge in [-0.2, -0.15) is 0 Å². The van der Waals surface area contributed by atoms with Crippen LogP contribution in [0.1, 0.15) is 20.8 Å². The lowest BCUT2D eigenvalue weighted by molar-refractivity contribution is -0.107. The number of likely N-dealkylation sites (N-methyl/N-ethyl adjacent to an activating group) is 1. The topological polar surface area (TPSA) is 46.6 Å². The maximum Gasteiger partial charge on any atom is 0.410 e. The smallest absolute Gasteiger partial charge is 0.410 e. The summed E-state index contributed by atoms with van der Waals surface area (Å²) in [5.41, 5.74) is -0.517. The van der Waals surface area contributed by atoms with Gasteiger partial charge in [0.05, 0.1) is 0 Å². The Balaban J connectivity index is 4.06. The van der Waals surface area contributed by atoms with E-state index >= 15 is 0 Å². The second-order valence-electron chi connectivity index (χ2n) is 4.07. The Morgan fingerprint density at radius 2 is 1.93 bits per heavy atom. The molecule has 0 atom stereocenters. The average Bonchev–Trinajstić information content (AvgIpc) is 1.99. The summed E-state index contributed by atoms with van der Waals surface area (Å²) in [7, 11) is 1.58. The number of ether oxygens (including phenoxy) is 1. The molecule has 0 aromatic heterocycles. The van der Waals surface area contributed by atoms with Crippen molar-refractivity contribution < 1.29 is 14.3 Å². The molecule has 1 amide bonds. The number of amides is 1. The van der Waals surface area contributed by atoms with Crippen molar-refractivity contribution in [3.63, 3.8) is 0 Å². The van der Waals surface area contributed by atoms with E-state index in [0.29, 0.717) is 0 Å². The molecule has 0 aliphatic carbocycles. The van der Waals surface area contributed by atoms with Gasteiger partial charge >= 0.3 is 6.09 Å². The number of carbonyl (C=O) groups excluding carboxylic acids is 2. The predicted octanol–water partition coefficient (Wildman–Crippen LogP) is 2.17. The van der Waals surface area contributed by atoms with Gasteiger partial charge in [0, 0.05) is 13.6 Å². The molecular weight excluding hydrogens is 218 g/mol. The summed E-state index contributed by atoms with van der Waals surface area (Å²) in [5, 5.41) is -0.562. The van der Waals surface area contributed by atoms with E-state index in [1.165, 1.54) is 17.1 Å². The number of allylic oxidation sites excluding steroid dienone is 1. The van der Waals surface area contributed by atoms with Gasteiger partial charge in [0.15, 0.2) is 0 Å². The van der Waals surface area contributed by atoms with Gasteiger partial charge in [0.25, 0.3) is 0 Å². The molecule has 0 unspecified atom stereocenters. The van der Waals surface area contributed by atoms with E-state index in [0.717, 1.165) is 0 Å². The molecule has 0 aliphatic heterocycles. The van der Waals surface area contributed by atoms with Crippen LogP contribution in [0.5, 0.6) is 0 Å². The third-order valence-electron chi connectivity index (χ3n) is 1.33. The van der Waals surface area contributed by atoms with Crippen LogP contribution in [-0.2, 0) is 9.53 Å². The van der Waals surface area contributed by atoms with Crippen LogP contribution in [0.15, 0.2) is 12.2 Å². The predicted molar refractivity (Wildman–Crippen MR) is 58.9 cm³/mol. The molecular formula is C10H16ClNO3. The molecule has 0 rings (SSSR count). The first kappa shape index (κ1) is 14.0. The van der Waals surface area contributed by atoms with Gasteiger partial charge in [-0.3, -0.25) is 4.79 Å². The molecule has 0 aromatic rings. The normalized spacial score (nSPS) is 11.5. The monoisotopic (exact) mass is 233 g/mol. The summed E-state index contributed by atoms with van der Waals surface area (Å²) in [5.74, 6) is 0. The molecule has 15 heavy (non-hydrogen) atoms. The average molecular weight is 234 g/mol. The molecule has 0 N–H and O–H groups in total. The maximum atomic E-state index is 11.4. The minimum absolute atomic E-state index is 0.285. The van der Waals surface area contributed by atoms with E-state index in [1.807, 2.05) is 0 Å². The van der Waals surface area contributed by atoms with Crippen LogP contribution in [0.2, 0.25) is 0 Å². The molecule has 4 nitrogen and oxygen atoms in total. The first-order valence-electron chi connectivity index (χ1n) is 4.52. The third-order valence-corrected chi connectivity index (χ3v) is 1.46. The fourth-order valence-electron chi connectivity index (χ4n) is 0.718. The van der Waals surface area contributed by atoms with Crippen molar-refractivity contribution in [1.82, 2.24) is 4.90 Å². The van der Waals surface area contributed by atoms with Gasteiger partial charge in [-0.05, 0) is 38.4 Å². The second-order valence-corrected chi connectivity index (χ2v) is 4.44. The molecule has 0 aliphatic rings. The van der Waals surface area contributed by atoms with Crippen molar-refractivity contribution >= 4 is 22.9 Å². The standard InChI is InChI=1S/C10H16ClNO3/c1-10(2,3)15-9(14)12(4)7-5-6-8(11)13/h5-6H,7H2,1-4H3/b6-5+. The zero-order valence-electron chi connectivity index (χ0n) is 9.41. The summed E-state index contributed by atoms with van der Waals surface area (Å²) in [6.07, 6.45) is 2.26. The van der Waals surface area contributed by atoms with Crippen molar-refractivity contribution in [2.75, 3.05) is 13.6 Å². The molecule has 0 spiro atoms. The summed E-state index contributed by atoms with van der Waals surface area (Å²) < 4.78 is 5.09. The fourth-order valence-corrected chi connectivity index (χ4v) is 0.807. The highest BCUT2D eigenvalue weighted by molar-refractivity contribution is 6.66. The molecule has 0 heterocycles. The number of hydrogen-bond acceptors (Lipinski definition) is 3. The van der Waals surface area contributed by atoms with Crippen LogP contribution < -0.4 is 0 Å². The molecule has 0 aromatic carbocycles. The van der Waals surface area contributed by atoms with E-state index in [9.17, 15) is 9.59 Å². The Labute approximate surface area is 94.8 Å². The SMILES string of the molecule is CN(C/C=C/C(=O)Cl)C(=O)OC(C)(C)C. The quantitative estimate of drug-likeness (QED) is 0.555. The summed E-state index contributed by atoms with van der Waals surface area (Å²) in [6.45, 7) is 5.65. The minimum atomic E-state index is -0.562. The zero-order chi connectivity index (χ0) is 12.1. The molecule has 0 fully saturated rings. The molecule has 5 heteroatoms. The first-order valence-corrected chi connectivity index (χ1v) is 4.90. The van der Waals surface area contributed by atoms with Crippen LogP contribution >= 0.6 is 11.6 Å². The van der Waals surface area contributed by atoms with Crippen molar-refractivity contribution in [3.05, 3.63) is 12.2 Å². The number of carbonyl (C=O) groups is 2. The lowest BCUT2D eigenvalue weighted by atomic mass is 10.2. The Morgan fingerprint density at radius 3 is 2.33 bits per heavy atom. The zero-order valence-corrected chi connectivity index (χ0v) is 10.2.